The second-order valence-electron chi connectivity index (χ2n) is 4.01. The molecule has 3 heteroatoms. The minimum Gasteiger partial charge on any atom is -0.383 e. The van der Waals surface area contributed by atoms with Gasteiger partial charge in [-0.25, -0.2) is 4.98 Å². The molecule has 2 N–H and O–H groups in total. The van der Waals surface area contributed by atoms with Gasteiger partial charge in [-0.15, -0.1) is 0 Å². The van der Waals surface area contributed by atoms with Crippen molar-refractivity contribution in [2.75, 3.05) is 5.73 Å². The summed E-state index contributed by atoms with van der Waals surface area (Å²) in [7, 11) is 0. The number of hydrogen-bond donors (Lipinski definition) is 1. The third-order valence-corrected chi connectivity index (χ3v) is 2.81. The van der Waals surface area contributed by atoms with Crippen molar-refractivity contribution in [1.82, 2.24) is 9.55 Å². The Morgan fingerprint density at radius 2 is 2.06 bits per heavy atom. The Kier molecular flexibility index (Phi) is 2.69. The molecule has 0 aliphatic carbocycles. The summed E-state index contributed by atoms with van der Waals surface area (Å²) in [5, 5.41) is 0. The van der Waals surface area contributed by atoms with Gasteiger partial charge in [-0.2, -0.15) is 0 Å². The number of hydrogen-bond acceptors (Lipinski definition) is 2. The van der Waals surface area contributed by atoms with E-state index in [-0.39, 0.29) is 0 Å². The highest BCUT2D eigenvalue weighted by Gasteiger charge is 2.12. The average molecular weight is 215 g/mol. The van der Waals surface area contributed by atoms with Gasteiger partial charge < -0.3 is 10.3 Å². The maximum absolute atomic E-state index is 6.10. The maximum atomic E-state index is 6.10. The van der Waals surface area contributed by atoms with Gasteiger partial charge in [0.1, 0.15) is 17.3 Å². The molecule has 0 aliphatic rings. The molecular formula is C13H17N3. The predicted octanol–water partition coefficient (Wildman–Crippen LogP) is 2.77. The molecule has 84 valence electrons. The lowest BCUT2D eigenvalue weighted by atomic mass is 10.1. The maximum Gasteiger partial charge on any atom is 0.131 e. The molecule has 3 nitrogen and oxygen atoms in total. The molecular weight excluding hydrogens is 198 g/mol. The van der Waals surface area contributed by atoms with Gasteiger partial charge in [0.25, 0.3) is 0 Å². The summed E-state index contributed by atoms with van der Waals surface area (Å²) in [5.41, 5.74) is 9.30. The number of nitrogens with two attached hydrogens (primary N) is 1. The fourth-order valence-corrected chi connectivity index (χ4v) is 1.99. The highest BCUT2D eigenvalue weighted by atomic mass is 15.1. The molecule has 0 radical (unpaired) electrons. The van der Waals surface area contributed by atoms with Gasteiger partial charge in [-0.1, -0.05) is 23.8 Å². The van der Waals surface area contributed by atoms with Crippen molar-refractivity contribution < 1.29 is 0 Å². The Labute approximate surface area is 95.9 Å². The van der Waals surface area contributed by atoms with Crippen LogP contribution in [0.3, 0.4) is 0 Å². The zero-order valence-electron chi connectivity index (χ0n) is 9.99. The number of aromatic nitrogens is 2. The number of rotatable bonds is 2. The largest absolute Gasteiger partial charge is 0.383 e. The van der Waals surface area contributed by atoms with Crippen LogP contribution in [0.5, 0.6) is 0 Å². The normalized spacial score (nSPS) is 10.7. The van der Waals surface area contributed by atoms with Crippen molar-refractivity contribution >= 4 is 5.82 Å². The SMILES string of the molecule is CCn1c(C)nc(-c2cccc(C)c2)c1N. The lowest BCUT2D eigenvalue weighted by molar-refractivity contribution is 0.739. The van der Waals surface area contributed by atoms with Crippen LogP contribution in [-0.2, 0) is 6.54 Å². The zero-order valence-corrected chi connectivity index (χ0v) is 9.99. The number of imidazole rings is 1. The average Bonchev–Trinajstić information content (AvgIpc) is 2.54. The monoisotopic (exact) mass is 215 g/mol. The zero-order chi connectivity index (χ0) is 11.7. The van der Waals surface area contributed by atoms with Crippen LogP contribution in [0.15, 0.2) is 24.3 Å². The number of benzene rings is 1. The van der Waals surface area contributed by atoms with Crippen LogP contribution in [0, 0.1) is 13.8 Å². The number of nitrogen functional groups attached to an aromatic ring is 1. The van der Waals surface area contributed by atoms with E-state index in [0.29, 0.717) is 0 Å². The Morgan fingerprint density at radius 3 is 2.62 bits per heavy atom. The molecule has 1 aromatic carbocycles. The smallest absolute Gasteiger partial charge is 0.131 e. The van der Waals surface area contributed by atoms with Crippen LogP contribution in [0.25, 0.3) is 11.3 Å². The standard InChI is InChI=1S/C13H17N3/c1-4-16-10(3)15-12(13(16)14)11-7-5-6-9(2)8-11/h5-8H,4,14H2,1-3H3. The van der Waals surface area contributed by atoms with Gasteiger partial charge in [-0.05, 0) is 26.8 Å². The second kappa shape index (κ2) is 4.00. The first-order valence-electron chi connectivity index (χ1n) is 5.53. The van der Waals surface area contributed by atoms with Crippen LogP contribution in [0.1, 0.15) is 18.3 Å². The summed E-state index contributed by atoms with van der Waals surface area (Å²) >= 11 is 0. The van der Waals surface area contributed by atoms with Gasteiger partial charge in [0, 0.05) is 12.1 Å². The van der Waals surface area contributed by atoms with Crippen molar-refractivity contribution in [3.63, 3.8) is 0 Å². The van der Waals surface area contributed by atoms with Crippen LogP contribution in [0.4, 0.5) is 5.82 Å². The molecule has 0 saturated carbocycles. The Morgan fingerprint density at radius 1 is 1.31 bits per heavy atom. The molecule has 2 rings (SSSR count). The Bertz CT molecular complexity index is 512. The fourth-order valence-electron chi connectivity index (χ4n) is 1.99. The Balaban J connectivity index is 2.56. The quantitative estimate of drug-likeness (QED) is 0.837. The van der Waals surface area contributed by atoms with Crippen molar-refractivity contribution in [2.45, 2.75) is 27.3 Å². The topological polar surface area (TPSA) is 43.8 Å². The minimum atomic E-state index is 0.755. The van der Waals surface area contributed by atoms with Crippen molar-refractivity contribution in [3.05, 3.63) is 35.7 Å². The molecule has 16 heavy (non-hydrogen) atoms. The molecule has 0 amide bonds. The highest BCUT2D eigenvalue weighted by Crippen LogP contribution is 2.26. The summed E-state index contributed by atoms with van der Waals surface area (Å²) in [5.74, 6) is 1.72. The van der Waals surface area contributed by atoms with E-state index < -0.39 is 0 Å². The minimum absolute atomic E-state index is 0.755. The third kappa shape index (κ3) is 1.69. The van der Waals surface area contributed by atoms with Crippen LogP contribution in [-0.4, -0.2) is 9.55 Å². The van der Waals surface area contributed by atoms with E-state index in [1.807, 2.05) is 23.6 Å². The molecule has 0 atom stereocenters. The summed E-state index contributed by atoms with van der Waals surface area (Å²) in [4.78, 5) is 4.53. The van der Waals surface area contributed by atoms with Crippen LogP contribution < -0.4 is 5.73 Å². The summed E-state index contributed by atoms with van der Waals surface area (Å²) in [6.07, 6.45) is 0. The summed E-state index contributed by atoms with van der Waals surface area (Å²) in [6, 6.07) is 8.26. The first-order valence-corrected chi connectivity index (χ1v) is 5.53. The molecule has 0 spiro atoms. The lowest BCUT2D eigenvalue weighted by Gasteiger charge is -2.03. The summed E-state index contributed by atoms with van der Waals surface area (Å²) < 4.78 is 2.03. The highest BCUT2D eigenvalue weighted by molar-refractivity contribution is 5.71. The first-order chi connectivity index (χ1) is 7.63. The molecule has 1 heterocycles. The number of aryl methyl sites for hydroxylation is 2. The van der Waals surface area contributed by atoms with Gasteiger partial charge >= 0.3 is 0 Å². The molecule has 0 aliphatic heterocycles. The second-order valence-corrected chi connectivity index (χ2v) is 4.01. The van der Waals surface area contributed by atoms with Gasteiger partial charge in [0.2, 0.25) is 0 Å². The van der Waals surface area contributed by atoms with E-state index in [9.17, 15) is 0 Å². The summed E-state index contributed by atoms with van der Waals surface area (Å²) in [6.45, 7) is 6.99. The van der Waals surface area contributed by atoms with Crippen molar-refractivity contribution in [1.29, 1.82) is 0 Å². The van der Waals surface area contributed by atoms with Crippen molar-refractivity contribution in [3.8, 4) is 11.3 Å². The van der Waals surface area contributed by atoms with E-state index in [4.69, 9.17) is 5.73 Å². The van der Waals surface area contributed by atoms with Crippen LogP contribution in [0.2, 0.25) is 0 Å². The van der Waals surface area contributed by atoms with Gasteiger partial charge in [-0.3, -0.25) is 0 Å². The third-order valence-electron chi connectivity index (χ3n) is 2.81. The van der Waals surface area contributed by atoms with Gasteiger partial charge in [0.15, 0.2) is 0 Å². The molecule has 0 unspecified atom stereocenters. The van der Waals surface area contributed by atoms with Gasteiger partial charge in [0.05, 0.1) is 0 Å². The first kappa shape index (κ1) is 10.7. The van der Waals surface area contributed by atoms with E-state index in [0.717, 1.165) is 29.4 Å². The predicted molar refractivity (Wildman–Crippen MR) is 67.2 cm³/mol. The van der Waals surface area contributed by atoms with E-state index >= 15 is 0 Å². The molecule has 2 aromatic rings. The molecule has 1 aromatic heterocycles. The number of nitrogens with zero attached hydrogens (tertiary/aromatic N) is 2. The van der Waals surface area contributed by atoms with Crippen molar-refractivity contribution in [2.24, 2.45) is 0 Å². The van der Waals surface area contributed by atoms with E-state index in [2.05, 4.69) is 31.0 Å². The lowest BCUT2D eigenvalue weighted by Crippen LogP contribution is -2.02. The number of anilines is 1. The Hall–Kier alpha value is -1.77. The van der Waals surface area contributed by atoms with Crippen LogP contribution >= 0.6 is 0 Å². The molecule has 0 fully saturated rings. The van der Waals surface area contributed by atoms with E-state index in [1.165, 1.54) is 5.56 Å². The molecule has 0 bridgehead atoms. The molecule has 0 saturated heterocycles. The van der Waals surface area contributed by atoms with E-state index in [1.54, 1.807) is 0 Å². The fraction of sp³-hybridized carbons (Fsp3) is 0.308.